The van der Waals surface area contributed by atoms with Crippen LogP contribution in [0.2, 0.25) is 0 Å². The monoisotopic (exact) mass is 578 g/mol. The highest BCUT2D eigenvalue weighted by atomic mass is 79.9. The Bertz CT molecular complexity index is 972. The van der Waals surface area contributed by atoms with E-state index in [1.807, 2.05) is 0 Å². The molecule has 0 unspecified atom stereocenters. The maximum atomic E-state index is 13.7. The van der Waals surface area contributed by atoms with Gasteiger partial charge in [-0.05, 0) is 103 Å². The largest absolute Gasteiger partial charge is 0.464 e. The van der Waals surface area contributed by atoms with E-state index in [0.717, 1.165) is 51.4 Å². The summed E-state index contributed by atoms with van der Waals surface area (Å²) in [6.45, 7) is 17.0. The van der Waals surface area contributed by atoms with Crippen molar-refractivity contribution in [2.24, 2.45) is 50.2 Å². The van der Waals surface area contributed by atoms with Crippen LogP contribution in [0.15, 0.2) is 11.6 Å². The number of aliphatic hydroxyl groups is 2. The van der Waals surface area contributed by atoms with E-state index in [-0.39, 0.29) is 44.4 Å². The molecule has 0 radical (unpaired) electrons. The van der Waals surface area contributed by atoms with Gasteiger partial charge in [0.15, 0.2) is 0 Å². The minimum Gasteiger partial charge on any atom is -0.464 e. The number of carbonyl (C=O) groups excluding carboxylic acids is 1. The number of hydrogen-bond donors (Lipinski definition) is 2. The topological polar surface area (TPSA) is 66.8 Å². The van der Waals surface area contributed by atoms with Gasteiger partial charge in [0.25, 0.3) is 0 Å². The first-order chi connectivity index (χ1) is 17.1. The number of carbonyl (C=O) groups is 1. The van der Waals surface area contributed by atoms with Gasteiger partial charge >= 0.3 is 5.97 Å². The molecule has 0 spiro atoms. The number of fused-ring (bicyclic) bond motifs is 7. The molecule has 0 heterocycles. The Morgan fingerprint density at radius 3 is 2.32 bits per heavy atom. The van der Waals surface area contributed by atoms with Crippen molar-refractivity contribution in [3.8, 4) is 0 Å². The summed E-state index contributed by atoms with van der Waals surface area (Å²) in [7, 11) is 0. The van der Waals surface area contributed by atoms with Crippen LogP contribution in [0.4, 0.5) is 0 Å². The Labute approximate surface area is 233 Å². The first-order valence-electron chi connectivity index (χ1n) is 14.9. The molecule has 4 nitrogen and oxygen atoms in total. The standard InChI is InChI=1S/C32H51BrO4/c1-27(2)12-14-32(26(36)37-17-16-33)15-13-30(6)20(21(32)18-27)8-9-24-29(5)19-22(34)25(35)28(3,4)23(29)10-11-31(24,30)7/h8,21-25,34-35H,9-19H2,1-7H3/t21-,22+,23-,24+,25-,29-,30+,31+,32-/m0/s1. The zero-order valence-corrected chi connectivity index (χ0v) is 25.9. The van der Waals surface area contributed by atoms with Crippen LogP contribution in [0.3, 0.4) is 0 Å². The van der Waals surface area contributed by atoms with E-state index in [1.54, 1.807) is 5.57 Å². The fourth-order valence-corrected chi connectivity index (χ4v) is 11.2. The molecule has 4 saturated carbocycles. The molecule has 0 aliphatic heterocycles. The second-order valence-corrected chi connectivity index (χ2v) is 16.5. The molecule has 0 amide bonds. The van der Waals surface area contributed by atoms with Crippen LogP contribution in [0.1, 0.15) is 106 Å². The number of rotatable bonds is 3. The molecule has 2 N–H and O–H groups in total. The number of hydrogen-bond acceptors (Lipinski definition) is 4. The zero-order chi connectivity index (χ0) is 27.2. The highest BCUT2D eigenvalue weighted by molar-refractivity contribution is 9.09. The van der Waals surface area contributed by atoms with Gasteiger partial charge in [-0.15, -0.1) is 0 Å². The van der Waals surface area contributed by atoms with Gasteiger partial charge < -0.3 is 14.9 Å². The van der Waals surface area contributed by atoms with Crippen molar-refractivity contribution in [3.05, 3.63) is 11.6 Å². The third-order valence-corrected chi connectivity index (χ3v) is 13.6. The van der Waals surface area contributed by atoms with Crippen molar-refractivity contribution in [1.29, 1.82) is 0 Å². The van der Waals surface area contributed by atoms with E-state index < -0.39 is 12.2 Å². The molecular weight excluding hydrogens is 528 g/mol. The Hall–Kier alpha value is -0.390. The first-order valence-corrected chi connectivity index (χ1v) is 16.0. The van der Waals surface area contributed by atoms with Gasteiger partial charge in [0.2, 0.25) is 0 Å². The number of esters is 1. The molecule has 0 aromatic rings. The summed E-state index contributed by atoms with van der Waals surface area (Å²) in [6.07, 6.45) is 10.2. The molecule has 9 atom stereocenters. The summed E-state index contributed by atoms with van der Waals surface area (Å²) >= 11 is 3.44. The number of alkyl halides is 1. The SMILES string of the molecule is CC1(C)CC[C@]2(C(=O)OCCBr)CC[C@]3(C)C(=CC[C@@H]4[C@@]5(C)C[C@@H](O)[C@H](O)C(C)(C)[C@@H]5CC[C@]43C)[C@@H]2C1. The molecule has 4 fully saturated rings. The molecule has 5 aliphatic rings. The predicted octanol–water partition coefficient (Wildman–Crippen LogP) is 7.06. The lowest BCUT2D eigenvalue weighted by molar-refractivity contribution is -0.232. The van der Waals surface area contributed by atoms with Crippen molar-refractivity contribution in [3.63, 3.8) is 0 Å². The fourth-order valence-electron chi connectivity index (χ4n) is 11.0. The van der Waals surface area contributed by atoms with Crippen LogP contribution in [0, 0.1) is 50.2 Å². The average molecular weight is 580 g/mol. The van der Waals surface area contributed by atoms with E-state index in [9.17, 15) is 15.0 Å². The predicted molar refractivity (Wildman–Crippen MR) is 151 cm³/mol. The van der Waals surface area contributed by atoms with E-state index in [1.165, 1.54) is 0 Å². The normalized spacial score (nSPS) is 50.0. The second kappa shape index (κ2) is 8.80. The van der Waals surface area contributed by atoms with Gasteiger partial charge in [0, 0.05) is 5.33 Å². The third-order valence-electron chi connectivity index (χ3n) is 13.3. The van der Waals surface area contributed by atoms with Crippen molar-refractivity contribution in [2.45, 2.75) is 118 Å². The smallest absolute Gasteiger partial charge is 0.312 e. The maximum Gasteiger partial charge on any atom is 0.312 e. The van der Waals surface area contributed by atoms with E-state index in [0.29, 0.717) is 30.2 Å². The maximum absolute atomic E-state index is 13.7. The Kier molecular flexibility index (Phi) is 6.70. The summed E-state index contributed by atoms with van der Waals surface area (Å²) in [5.74, 6) is 1.13. The van der Waals surface area contributed by atoms with Crippen LogP contribution >= 0.6 is 15.9 Å². The van der Waals surface area contributed by atoms with E-state index >= 15 is 0 Å². The molecule has 0 aromatic heterocycles. The molecule has 0 saturated heterocycles. The van der Waals surface area contributed by atoms with Gasteiger partial charge in [-0.25, -0.2) is 0 Å². The Balaban J connectivity index is 1.58. The number of aliphatic hydroxyl groups excluding tert-OH is 2. The van der Waals surface area contributed by atoms with Gasteiger partial charge in [0.1, 0.15) is 6.61 Å². The van der Waals surface area contributed by atoms with E-state index in [2.05, 4.69) is 70.5 Å². The number of ether oxygens (including phenoxy) is 1. The lowest BCUT2D eigenvalue weighted by atomic mass is 9.33. The van der Waals surface area contributed by atoms with Crippen LogP contribution in [0.5, 0.6) is 0 Å². The van der Waals surface area contributed by atoms with E-state index in [4.69, 9.17) is 4.74 Å². The van der Waals surface area contributed by atoms with Crippen LogP contribution in [-0.4, -0.2) is 40.3 Å². The molecule has 5 rings (SSSR count). The van der Waals surface area contributed by atoms with Crippen molar-refractivity contribution >= 4 is 21.9 Å². The quantitative estimate of drug-likeness (QED) is 0.214. The molecule has 37 heavy (non-hydrogen) atoms. The molecule has 5 heteroatoms. The van der Waals surface area contributed by atoms with Crippen molar-refractivity contribution in [1.82, 2.24) is 0 Å². The van der Waals surface area contributed by atoms with Crippen LogP contribution in [0.25, 0.3) is 0 Å². The van der Waals surface area contributed by atoms with Gasteiger partial charge in [-0.2, -0.15) is 0 Å². The molecular formula is C32H51BrO4. The Morgan fingerprint density at radius 2 is 1.65 bits per heavy atom. The highest BCUT2D eigenvalue weighted by Crippen LogP contribution is 2.75. The summed E-state index contributed by atoms with van der Waals surface area (Å²) in [4.78, 5) is 13.7. The summed E-state index contributed by atoms with van der Waals surface area (Å²) in [5, 5.41) is 22.7. The second-order valence-electron chi connectivity index (χ2n) is 15.7. The summed E-state index contributed by atoms with van der Waals surface area (Å²) in [6, 6.07) is 0. The Morgan fingerprint density at radius 1 is 0.973 bits per heavy atom. The molecule has 0 bridgehead atoms. The van der Waals surface area contributed by atoms with Gasteiger partial charge in [-0.1, -0.05) is 76.0 Å². The lowest BCUT2D eigenvalue weighted by Crippen LogP contribution is -2.67. The fraction of sp³-hybridized carbons (Fsp3) is 0.906. The number of halogens is 1. The molecule has 210 valence electrons. The van der Waals surface area contributed by atoms with Crippen molar-refractivity contribution < 1.29 is 19.7 Å². The summed E-state index contributed by atoms with van der Waals surface area (Å²) in [5.41, 5.74) is 1.19. The lowest BCUT2D eigenvalue weighted by Gasteiger charge is -2.71. The highest BCUT2D eigenvalue weighted by Gasteiger charge is 2.70. The zero-order valence-electron chi connectivity index (χ0n) is 24.3. The average Bonchev–Trinajstić information content (AvgIpc) is 2.81. The van der Waals surface area contributed by atoms with Gasteiger partial charge in [-0.3, -0.25) is 4.79 Å². The first kappa shape index (κ1) is 28.1. The summed E-state index contributed by atoms with van der Waals surface area (Å²) < 4.78 is 5.87. The molecule has 5 aliphatic carbocycles. The van der Waals surface area contributed by atoms with Crippen LogP contribution < -0.4 is 0 Å². The minimum atomic E-state index is -0.667. The van der Waals surface area contributed by atoms with Crippen LogP contribution in [-0.2, 0) is 9.53 Å². The van der Waals surface area contributed by atoms with Gasteiger partial charge in [0.05, 0.1) is 17.6 Å². The minimum absolute atomic E-state index is 0.0185. The van der Waals surface area contributed by atoms with Crippen molar-refractivity contribution in [2.75, 3.05) is 11.9 Å². The molecule has 0 aromatic carbocycles. The third kappa shape index (κ3) is 3.75. The number of allylic oxidation sites excluding steroid dienone is 2.